The van der Waals surface area contributed by atoms with Crippen molar-refractivity contribution in [1.29, 1.82) is 0 Å². The largest absolute Gasteiger partial charge is 0.317 e. The highest BCUT2D eigenvalue weighted by molar-refractivity contribution is 7.18. The number of para-hydroxylation sites is 1. The number of aromatic nitrogens is 1. The molecule has 1 saturated carbocycles. The van der Waals surface area contributed by atoms with E-state index < -0.39 is 0 Å². The molecule has 0 radical (unpaired) electrons. The first kappa shape index (κ1) is 15.0. The number of aryl methyl sites for hydroxylation is 1. The van der Waals surface area contributed by atoms with E-state index in [1.165, 1.54) is 61.2 Å². The van der Waals surface area contributed by atoms with Crippen LogP contribution in [0, 0.1) is 5.92 Å². The molecule has 1 heterocycles. The minimum absolute atomic E-state index is 0.996. The first-order valence-electron chi connectivity index (χ1n) is 8.47. The van der Waals surface area contributed by atoms with E-state index in [9.17, 15) is 0 Å². The predicted molar refractivity (Wildman–Crippen MR) is 92.0 cm³/mol. The molecule has 1 aliphatic rings. The molecule has 0 saturated heterocycles. The van der Waals surface area contributed by atoms with E-state index in [2.05, 4.69) is 29.6 Å². The number of nitrogens with zero attached hydrogens (tertiary/aromatic N) is 1. The summed E-state index contributed by atoms with van der Waals surface area (Å²) in [5, 5.41) is 4.90. The molecule has 114 valence electrons. The number of thiazole rings is 1. The Bertz CT molecular complexity index is 510. The van der Waals surface area contributed by atoms with E-state index in [0.29, 0.717) is 0 Å². The van der Waals surface area contributed by atoms with Gasteiger partial charge in [-0.05, 0) is 44.0 Å². The van der Waals surface area contributed by atoms with Gasteiger partial charge in [0.1, 0.15) is 0 Å². The van der Waals surface area contributed by atoms with Gasteiger partial charge in [0.15, 0.2) is 0 Å². The summed E-state index contributed by atoms with van der Waals surface area (Å²) < 4.78 is 1.32. The van der Waals surface area contributed by atoms with Gasteiger partial charge in [-0.25, -0.2) is 4.98 Å². The Hall–Kier alpha value is -0.930. The third-order valence-electron chi connectivity index (χ3n) is 4.54. The Morgan fingerprint density at radius 2 is 1.95 bits per heavy atom. The van der Waals surface area contributed by atoms with E-state index in [4.69, 9.17) is 4.98 Å². The Kier molecular flexibility index (Phi) is 5.64. The zero-order chi connectivity index (χ0) is 14.3. The van der Waals surface area contributed by atoms with E-state index in [-0.39, 0.29) is 0 Å². The standard InChI is InChI=1S/C18H26N2S/c1-2-7-15(8-3-1)12-14-19-13-6-11-18-20-16-9-4-5-10-17(16)21-18/h4-5,9-10,15,19H,1-3,6-8,11-14H2. The highest BCUT2D eigenvalue weighted by Crippen LogP contribution is 2.25. The molecule has 1 fully saturated rings. The van der Waals surface area contributed by atoms with Gasteiger partial charge in [-0.1, -0.05) is 44.2 Å². The van der Waals surface area contributed by atoms with Gasteiger partial charge in [-0.3, -0.25) is 0 Å². The lowest BCUT2D eigenvalue weighted by Crippen LogP contribution is -2.20. The Morgan fingerprint density at radius 1 is 1.10 bits per heavy atom. The molecule has 3 rings (SSSR count). The zero-order valence-corrected chi connectivity index (χ0v) is 13.6. The fraction of sp³-hybridized carbons (Fsp3) is 0.611. The maximum absolute atomic E-state index is 4.69. The van der Waals surface area contributed by atoms with Crippen LogP contribution in [0.1, 0.15) is 50.0 Å². The van der Waals surface area contributed by atoms with Crippen LogP contribution in [0.15, 0.2) is 24.3 Å². The van der Waals surface area contributed by atoms with Crippen LogP contribution in [-0.2, 0) is 6.42 Å². The number of benzene rings is 1. The fourth-order valence-electron chi connectivity index (χ4n) is 3.30. The van der Waals surface area contributed by atoms with Gasteiger partial charge in [0.05, 0.1) is 15.2 Å². The minimum atomic E-state index is 0.996. The minimum Gasteiger partial charge on any atom is -0.317 e. The monoisotopic (exact) mass is 302 g/mol. The number of hydrogen-bond acceptors (Lipinski definition) is 3. The average molecular weight is 302 g/mol. The SMILES string of the molecule is c1ccc2sc(CCCNCCC3CCCCC3)nc2c1. The molecule has 0 amide bonds. The molecule has 21 heavy (non-hydrogen) atoms. The molecule has 0 spiro atoms. The average Bonchev–Trinajstić information content (AvgIpc) is 2.94. The molecule has 0 atom stereocenters. The molecule has 2 aromatic rings. The van der Waals surface area contributed by atoms with Crippen molar-refractivity contribution in [3.63, 3.8) is 0 Å². The van der Waals surface area contributed by atoms with Gasteiger partial charge in [-0.2, -0.15) is 0 Å². The third kappa shape index (κ3) is 4.52. The van der Waals surface area contributed by atoms with Gasteiger partial charge in [0, 0.05) is 6.42 Å². The van der Waals surface area contributed by atoms with E-state index >= 15 is 0 Å². The quantitative estimate of drug-likeness (QED) is 0.744. The summed E-state index contributed by atoms with van der Waals surface area (Å²) in [6.45, 7) is 2.33. The van der Waals surface area contributed by atoms with Crippen molar-refractivity contribution >= 4 is 21.6 Å². The molecule has 1 aliphatic carbocycles. The lowest BCUT2D eigenvalue weighted by molar-refractivity contribution is 0.334. The summed E-state index contributed by atoms with van der Waals surface area (Å²) in [5.41, 5.74) is 1.16. The Balaban J connectivity index is 1.31. The molecule has 1 N–H and O–H groups in total. The molecule has 1 aromatic heterocycles. The van der Waals surface area contributed by atoms with Crippen LogP contribution >= 0.6 is 11.3 Å². The summed E-state index contributed by atoms with van der Waals surface area (Å²) in [5.74, 6) is 0.996. The van der Waals surface area contributed by atoms with Gasteiger partial charge in [0.2, 0.25) is 0 Å². The number of hydrogen-bond donors (Lipinski definition) is 1. The molecular weight excluding hydrogens is 276 g/mol. The van der Waals surface area contributed by atoms with Gasteiger partial charge < -0.3 is 5.32 Å². The van der Waals surface area contributed by atoms with Crippen molar-refractivity contribution in [1.82, 2.24) is 10.3 Å². The highest BCUT2D eigenvalue weighted by atomic mass is 32.1. The molecule has 0 aliphatic heterocycles. The Morgan fingerprint density at radius 3 is 2.81 bits per heavy atom. The lowest BCUT2D eigenvalue weighted by atomic mass is 9.87. The van der Waals surface area contributed by atoms with Crippen molar-refractivity contribution < 1.29 is 0 Å². The molecule has 0 bridgehead atoms. The number of rotatable bonds is 7. The van der Waals surface area contributed by atoms with E-state index in [1.807, 2.05) is 11.3 Å². The van der Waals surface area contributed by atoms with E-state index in [0.717, 1.165) is 24.4 Å². The summed E-state index contributed by atoms with van der Waals surface area (Å²) in [4.78, 5) is 4.69. The molecule has 0 unspecified atom stereocenters. The van der Waals surface area contributed by atoms with Gasteiger partial charge >= 0.3 is 0 Å². The first-order chi connectivity index (χ1) is 10.4. The maximum atomic E-state index is 4.69. The predicted octanol–water partition coefficient (Wildman–Crippen LogP) is 4.79. The summed E-state index contributed by atoms with van der Waals surface area (Å²) >= 11 is 1.84. The van der Waals surface area contributed by atoms with Crippen molar-refractivity contribution in [2.24, 2.45) is 5.92 Å². The highest BCUT2D eigenvalue weighted by Gasteiger charge is 2.12. The first-order valence-corrected chi connectivity index (χ1v) is 9.28. The lowest BCUT2D eigenvalue weighted by Gasteiger charge is -2.21. The molecule has 1 aromatic carbocycles. The number of nitrogens with one attached hydrogen (secondary N) is 1. The van der Waals surface area contributed by atoms with Gasteiger partial charge in [0.25, 0.3) is 0 Å². The molecule has 2 nitrogen and oxygen atoms in total. The van der Waals surface area contributed by atoms with Crippen molar-refractivity contribution in [2.45, 2.75) is 51.4 Å². The van der Waals surface area contributed by atoms with Crippen LogP contribution in [0.25, 0.3) is 10.2 Å². The summed E-state index contributed by atoms with van der Waals surface area (Å²) in [6.07, 6.45) is 11.0. The fourth-order valence-corrected chi connectivity index (χ4v) is 4.31. The topological polar surface area (TPSA) is 24.9 Å². The maximum Gasteiger partial charge on any atom is 0.0939 e. The summed E-state index contributed by atoms with van der Waals surface area (Å²) in [6, 6.07) is 8.44. The van der Waals surface area contributed by atoms with Crippen molar-refractivity contribution in [2.75, 3.05) is 13.1 Å². The second-order valence-corrected chi connectivity index (χ2v) is 7.34. The second-order valence-electron chi connectivity index (χ2n) is 6.22. The normalized spacial score (nSPS) is 16.6. The Labute approximate surface area is 132 Å². The zero-order valence-electron chi connectivity index (χ0n) is 12.8. The number of fused-ring (bicyclic) bond motifs is 1. The molecular formula is C18H26N2S. The van der Waals surface area contributed by atoms with Crippen LogP contribution < -0.4 is 5.32 Å². The molecule has 3 heteroatoms. The smallest absolute Gasteiger partial charge is 0.0939 e. The van der Waals surface area contributed by atoms with Crippen molar-refractivity contribution in [3.05, 3.63) is 29.3 Å². The van der Waals surface area contributed by atoms with Crippen LogP contribution in [-0.4, -0.2) is 18.1 Å². The van der Waals surface area contributed by atoms with E-state index in [1.54, 1.807) is 0 Å². The summed E-state index contributed by atoms with van der Waals surface area (Å²) in [7, 11) is 0. The second kappa shape index (κ2) is 7.90. The van der Waals surface area contributed by atoms with Gasteiger partial charge in [-0.15, -0.1) is 11.3 Å². The van der Waals surface area contributed by atoms with Crippen LogP contribution in [0.5, 0.6) is 0 Å². The van der Waals surface area contributed by atoms with Crippen molar-refractivity contribution in [3.8, 4) is 0 Å². The van der Waals surface area contributed by atoms with Crippen LogP contribution in [0.2, 0.25) is 0 Å². The van der Waals surface area contributed by atoms with Crippen LogP contribution in [0.4, 0.5) is 0 Å². The van der Waals surface area contributed by atoms with Crippen LogP contribution in [0.3, 0.4) is 0 Å². The third-order valence-corrected chi connectivity index (χ3v) is 5.63.